The van der Waals surface area contributed by atoms with Gasteiger partial charge in [-0.3, -0.25) is 4.79 Å². The lowest BCUT2D eigenvalue weighted by Gasteiger charge is -2.26. The van der Waals surface area contributed by atoms with E-state index in [9.17, 15) is 18.5 Å². The summed E-state index contributed by atoms with van der Waals surface area (Å²) in [6.45, 7) is 0. The van der Waals surface area contributed by atoms with Crippen molar-refractivity contribution in [2.75, 3.05) is 11.5 Å². The van der Waals surface area contributed by atoms with Gasteiger partial charge in [0.05, 0.1) is 28.2 Å². The fourth-order valence-electron chi connectivity index (χ4n) is 2.94. The number of nitriles is 1. The third-order valence-electron chi connectivity index (χ3n) is 3.87. The second-order valence-electron chi connectivity index (χ2n) is 5.12. The molecule has 0 spiro atoms. The normalized spacial score (nSPS) is 26.7. The van der Waals surface area contributed by atoms with Crippen LogP contribution in [0.4, 0.5) is 0 Å². The molecule has 8 heteroatoms. The predicted octanol–water partition coefficient (Wildman–Crippen LogP) is 2.20. The number of halogens is 2. The Labute approximate surface area is 132 Å². The molecule has 0 radical (unpaired) electrons. The van der Waals surface area contributed by atoms with Crippen molar-refractivity contribution in [1.82, 2.24) is 4.90 Å². The first kappa shape index (κ1) is 14.6. The monoisotopic (exact) mass is 344 g/mol. The molecule has 1 amide bonds. The first-order valence-electron chi connectivity index (χ1n) is 6.26. The Bertz CT molecular complexity index is 785. The molecule has 0 bridgehead atoms. The van der Waals surface area contributed by atoms with E-state index in [1.807, 2.05) is 6.07 Å². The summed E-state index contributed by atoms with van der Waals surface area (Å²) in [4.78, 5) is 13.9. The Morgan fingerprint density at radius 1 is 1.29 bits per heavy atom. The first-order valence-corrected chi connectivity index (χ1v) is 8.84. The average Bonchev–Trinajstić information content (AvgIpc) is 2.92. The lowest BCUT2D eigenvalue weighted by atomic mass is 10.1. The number of benzene rings is 1. The van der Waals surface area contributed by atoms with Crippen LogP contribution in [0.25, 0.3) is 0 Å². The summed E-state index contributed by atoms with van der Waals surface area (Å²) in [7, 11) is -3.16. The summed E-state index contributed by atoms with van der Waals surface area (Å²) in [6.07, 6.45) is 0.329. The van der Waals surface area contributed by atoms with Crippen molar-refractivity contribution < 1.29 is 13.2 Å². The van der Waals surface area contributed by atoms with Crippen LogP contribution in [0.5, 0.6) is 0 Å². The van der Waals surface area contributed by atoms with Crippen LogP contribution >= 0.6 is 23.2 Å². The molecule has 0 N–H and O–H groups in total. The predicted molar refractivity (Wildman–Crippen MR) is 78.0 cm³/mol. The molecule has 2 aliphatic rings. The number of hydrogen-bond donors (Lipinski definition) is 0. The van der Waals surface area contributed by atoms with Crippen molar-refractivity contribution in [3.8, 4) is 6.07 Å². The standard InChI is InChI=1S/C13H10Cl2N2O3S/c14-8-1-2-9(15)12-11(8)10(5-16)17(13(12)18)7-3-4-21(19,20)6-7/h1-2,7,10H,3-4,6H2. The number of hydrogen-bond acceptors (Lipinski definition) is 4. The van der Waals surface area contributed by atoms with Gasteiger partial charge in [-0.25, -0.2) is 8.42 Å². The van der Waals surface area contributed by atoms with Gasteiger partial charge in [-0.05, 0) is 18.6 Å². The van der Waals surface area contributed by atoms with Crippen molar-refractivity contribution in [3.63, 3.8) is 0 Å². The molecule has 1 aromatic carbocycles. The molecule has 0 aliphatic carbocycles. The highest BCUT2D eigenvalue weighted by molar-refractivity contribution is 7.91. The molecular weight excluding hydrogens is 335 g/mol. The van der Waals surface area contributed by atoms with E-state index in [-0.39, 0.29) is 27.1 Å². The largest absolute Gasteiger partial charge is 0.314 e. The zero-order valence-electron chi connectivity index (χ0n) is 10.7. The maximum absolute atomic E-state index is 12.6. The molecule has 1 aromatic rings. The molecule has 21 heavy (non-hydrogen) atoms. The summed E-state index contributed by atoms with van der Waals surface area (Å²) in [5, 5.41) is 9.93. The average molecular weight is 345 g/mol. The lowest BCUT2D eigenvalue weighted by Crippen LogP contribution is -2.38. The number of carbonyl (C=O) groups excluding carboxylic acids is 1. The van der Waals surface area contributed by atoms with Crippen molar-refractivity contribution in [1.29, 1.82) is 5.26 Å². The van der Waals surface area contributed by atoms with E-state index in [4.69, 9.17) is 23.2 Å². The van der Waals surface area contributed by atoms with E-state index in [1.165, 1.54) is 17.0 Å². The minimum atomic E-state index is -3.16. The molecule has 2 heterocycles. The van der Waals surface area contributed by atoms with E-state index in [2.05, 4.69) is 0 Å². The van der Waals surface area contributed by atoms with Gasteiger partial charge in [0.2, 0.25) is 0 Å². The van der Waals surface area contributed by atoms with Gasteiger partial charge in [-0.1, -0.05) is 23.2 Å². The number of fused-ring (bicyclic) bond motifs is 1. The van der Waals surface area contributed by atoms with Gasteiger partial charge >= 0.3 is 0 Å². The van der Waals surface area contributed by atoms with Gasteiger partial charge in [0.15, 0.2) is 9.84 Å². The number of carbonyl (C=O) groups is 1. The summed E-state index contributed by atoms with van der Waals surface area (Å²) >= 11 is 12.2. The first-order chi connectivity index (χ1) is 9.85. The molecule has 0 saturated carbocycles. The van der Waals surface area contributed by atoms with Crippen LogP contribution in [-0.2, 0) is 9.84 Å². The zero-order valence-corrected chi connectivity index (χ0v) is 13.0. The molecule has 5 nitrogen and oxygen atoms in total. The summed E-state index contributed by atoms with van der Waals surface area (Å²) in [6, 6.07) is 3.68. The van der Waals surface area contributed by atoms with Crippen molar-refractivity contribution in [2.24, 2.45) is 0 Å². The molecular formula is C13H10Cl2N2O3S. The molecule has 1 fully saturated rings. The van der Waals surface area contributed by atoms with Crippen LogP contribution in [0.1, 0.15) is 28.4 Å². The molecule has 2 unspecified atom stereocenters. The Kier molecular flexibility index (Phi) is 3.40. The van der Waals surface area contributed by atoms with Crippen LogP contribution < -0.4 is 0 Å². The van der Waals surface area contributed by atoms with Gasteiger partial charge in [0.1, 0.15) is 6.04 Å². The summed E-state index contributed by atoms with van der Waals surface area (Å²) in [5.74, 6) is -0.525. The Morgan fingerprint density at radius 3 is 2.52 bits per heavy atom. The summed E-state index contributed by atoms with van der Waals surface area (Å²) in [5.41, 5.74) is 0.584. The maximum Gasteiger partial charge on any atom is 0.257 e. The van der Waals surface area contributed by atoms with Crippen LogP contribution in [0.15, 0.2) is 12.1 Å². The SMILES string of the molecule is N#CC1c2c(Cl)ccc(Cl)c2C(=O)N1C1CCS(=O)(=O)C1. The van der Waals surface area contributed by atoms with E-state index in [0.717, 1.165) is 0 Å². The summed E-state index contributed by atoms with van der Waals surface area (Å²) < 4.78 is 23.3. The molecule has 1 saturated heterocycles. The van der Waals surface area contributed by atoms with Crippen LogP contribution in [0.3, 0.4) is 0 Å². The minimum absolute atomic E-state index is 0.0252. The van der Waals surface area contributed by atoms with Crippen molar-refractivity contribution in [2.45, 2.75) is 18.5 Å². The lowest BCUT2D eigenvalue weighted by molar-refractivity contribution is 0.0694. The zero-order chi connectivity index (χ0) is 15.4. The fraction of sp³-hybridized carbons (Fsp3) is 0.385. The highest BCUT2D eigenvalue weighted by atomic mass is 35.5. The van der Waals surface area contributed by atoms with Crippen molar-refractivity contribution in [3.05, 3.63) is 33.3 Å². The Hall–Kier alpha value is -1.29. The van der Waals surface area contributed by atoms with E-state index < -0.39 is 27.8 Å². The van der Waals surface area contributed by atoms with E-state index >= 15 is 0 Å². The number of amides is 1. The molecule has 0 aromatic heterocycles. The van der Waals surface area contributed by atoms with Crippen LogP contribution in [-0.4, -0.2) is 36.8 Å². The second-order valence-corrected chi connectivity index (χ2v) is 8.16. The number of rotatable bonds is 1. The minimum Gasteiger partial charge on any atom is -0.314 e. The second kappa shape index (κ2) is 4.87. The molecule has 3 rings (SSSR count). The van der Waals surface area contributed by atoms with Gasteiger partial charge in [-0.2, -0.15) is 5.26 Å². The van der Waals surface area contributed by atoms with Crippen LogP contribution in [0, 0.1) is 11.3 Å². The molecule has 2 atom stereocenters. The number of nitrogens with zero attached hydrogens (tertiary/aromatic N) is 2. The Morgan fingerprint density at radius 2 is 1.95 bits per heavy atom. The molecule has 110 valence electrons. The highest BCUT2D eigenvalue weighted by Gasteiger charge is 2.46. The van der Waals surface area contributed by atoms with E-state index in [0.29, 0.717) is 12.0 Å². The quantitative estimate of drug-likeness (QED) is 0.782. The topological polar surface area (TPSA) is 78.2 Å². The smallest absolute Gasteiger partial charge is 0.257 e. The van der Waals surface area contributed by atoms with E-state index in [1.54, 1.807) is 0 Å². The van der Waals surface area contributed by atoms with Gasteiger partial charge < -0.3 is 4.90 Å². The van der Waals surface area contributed by atoms with Crippen molar-refractivity contribution >= 4 is 38.9 Å². The fourth-order valence-corrected chi connectivity index (χ4v) is 5.15. The van der Waals surface area contributed by atoms with Gasteiger partial charge in [0.25, 0.3) is 5.91 Å². The maximum atomic E-state index is 12.6. The van der Waals surface area contributed by atoms with Gasteiger partial charge in [-0.15, -0.1) is 0 Å². The molecule has 2 aliphatic heterocycles. The van der Waals surface area contributed by atoms with Crippen LogP contribution in [0.2, 0.25) is 10.0 Å². The van der Waals surface area contributed by atoms with Gasteiger partial charge in [0, 0.05) is 16.6 Å². The Balaban J connectivity index is 2.10. The third-order valence-corrected chi connectivity index (χ3v) is 6.26. The third kappa shape index (κ3) is 2.20. The highest BCUT2D eigenvalue weighted by Crippen LogP contribution is 2.43. The number of sulfone groups is 1.